The van der Waals surface area contributed by atoms with Crippen LogP contribution in [0.1, 0.15) is 151 Å². The third-order valence-corrected chi connectivity index (χ3v) is 13.9. The van der Waals surface area contributed by atoms with Gasteiger partial charge >= 0.3 is 0 Å². The molecular weight excluding hydrogens is 608 g/mol. The number of aliphatic hydroxyl groups excluding tert-OH is 1. The van der Waals surface area contributed by atoms with Gasteiger partial charge in [-0.05, 0) is 129 Å². The maximum absolute atomic E-state index is 12.1. The van der Waals surface area contributed by atoms with E-state index in [1.54, 1.807) is 5.57 Å². The van der Waals surface area contributed by atoms with Gasteiger partial charge in [-0.2, -0.15) is 0 Å². The molecule has 3 N–H and O–H groups in total. The molecule has 4 aliphatic carbocycles. The predicted molar refractivity (Wildman–Crippen MR) is 203 cm³/mol. The molecular formula is C43H76N2O4. The molecule has 3 fully saturated rings. The topological polar surface area (TPSA) is 79.8 Å². The highest BCUT2D eigenvalue weighted by molar-refractivity contribution is 5.76. The van der Waals surface area contributed by atoms with Gasteiger partial charge in [0, 0.05) is 39.1 Å². The molecule has 6 nitrogen and oxygen atoms in total. The molecule has 6 heteroatoms. The average Bonchev–Trinajstić information content (AvgIpc) is 3.39. The smallest absolute Gasteiger partial charge is 0.220 e. The van der Waals surface area contributed by atoms with Crippen LogP contribution in [-0.2, 0) is 14.3 Å². The molecule has 0 radical (unpaired) electrons. The SMILES string of the molecule is C=C(NCCCCCOCCNC(=O)CC(C)(C)CCO)O[C@H]1CC[C@@]2(C)C(=CCC3C4CCC(C(C)CCCC(C)C)[C@@]4(C)CCC32)C1. The predicted octanol–water partition coefficient (Wildman–Crippen LogP) is 9.58. The monoisotopic (exact) mass is 685 g/mol. The summed E-state index contributed by atoms with van der Waals surface area (Å²) < 4.78 is 12.1. The minimum absolute atomic E-state index is 0.0217. The Morgan fingerprint density at radius 2 is 1.78 bits per heavy atom. The van der Waals surface area contributed by atoms with Crippen molar-refractivity contribution in [2.45, 2.75) is 157 Å². The van der Waals surface area contributed by atoms with E-state index in [4.69, 9.17) is 14.6 Å². The van der Waals surface area contributed by atoms with Gasteiger partial charge in [0.1, 0.15) is 6.10 Å². The van der Waals surface area contributed by atoms with Crippen LogP contribution in [0, 0.1) is 51.8 Å². The summed E-state index contributed by atoms with van der Waals surface area (Å²) in [5.74, 6) is 6.01. The molecule has 1 amide bonds. The molecule has 0 saturated heterocycles. The number of unbranched alkanes of at least 4 members (excludes halogenated alkanes) is 2. The number of amides is 1. The Hall–Kier alpha value is -1.53. The minimum Gasteiger partial charge on any atom is -0.476 e. The minimum atomic E-state index is -0.179. The Balaban J connectivity index is 1.11. The molecule has 0 aromatic rings. The summed E-state index contributed by atoms with van der Waals surface area (Å²) in [7, 11) is 0. The van der Waals surface area contributed by atoms with Crippen LogP contribution >= 0.6 is 0 Å². The van der Waals surface area contributed by atoms with Crippen LogP contribution in [0.25, 0.3) is 0 Å². The van der Waals surface area contributed by atoms with Gasteiger partial charge in [-0.25, -0.2) is 0 Å². The van der Waals surface area contributed by atoms with Crippen molar-refractivity contribution in [3.8, 4) is 0 Å². The van der Waals surface area contributed by atoms with E-state index in [1.165, 1.54) is 57.8 Å². The van der Waals surface area contributed by atoms with Crippen LogP contribution in [0.4, 0.5) is 0 Å². The number of ether oxygens (including phenoxy) is 2. The lowest BCUT2D eigenvalue weighted by Gasteiger charge is -2.58. The second-order valence-corrected chi connectivity index (χ2v) is 18.5. The molecule has 0 aromatic heterocycles. The lowest BCUT2D eigenvalue weighted by Crippen LogP contribution is -2.51. The van der Waals surface area contributed by atoms with Gasteiger partial charge in [0.25, 0.3) is 0 Å². The largest absolute Gasteiger partial charge is 0.476 e. The van der Waals surface area contributed by atoms with E-state index in [0.717, 1.165) is 80.0 Å². The maximum atomic E-state index is 12.1. The second kappa shape index (κ2) is 18.3. The van der Waals surface area contributed by atoms with Crippen molar-refractivity contribution in [2.75, 3.05) is 32.9 Å². The van der Waals surface area contributed by atoms with Gasteiger partial charge in [0.15, 0.2) is 5.88 Å². The fourth-order valence-electron chi connectivity index (χ4n) is 11.0. The summed E-state index contributed by atoms with van der Waals surface area (Å²) in [4.78, 5) is 12.1. The molecule has 0 heterocycles. The lowest BCUT2D eigenvalue weighted by atomic mass is 9.47. The maximum Gasteiger partial charge on any atom is 0.220 e. The van der Waals surface area contributed by atoms with Gasteiger partial charge in [0.05, 0.1) is 6.61 Å². The number of nitrogens with one attached hydrogen (secondary N) is 2. The zero-order valence-electron chi connectivity index (χ0n) is 32.8. The van der Waals surface area contributed by atoms with E-state index in [2.05, 4.69) is 57.9 Å². The first kappa shape index (κ1) is 40.2. The number of fused-ring (bicyclic) bond motifs is 5. The second-order valence-electron chi connectivity index (χ2n) is 18.5. The highest BCUT2D eigenvalue weighted by Crippen LogP contribution is 2.67. The summed E-state index contributed by atoms with van der Waals surface area (Å²) >= 11 is 0. The van der Waals surface area contributed by atoms with Crippen molar-refractivity contribution in [3.05, 3.63) is 24.1 Å². The zero-order chi connectivity index (χ0) is 35.7. The van der Waals surface area contributed by atoms with Gasteiger partial charge in [-0.15, -0.1) is 0 Å². The van der Waals surface area contributed by atoms with E-state index in [9.17, 15) is 4.79 Å². The summed E-state index contributed by atoms with van der Waals surface area (Å²) in [5.41, 5.74) is 2.41. The summed E-state index contributed by atoms with van der Waals surface area (Å²) in [6, 6.07) is 0. The Morgan fingerprint density at radius 3 is 2.53 bits per heavy atom. The molecule has 0 aliphatic heterocycles. The van der Waals surface area contributed by atoms with Gasteiger partial charge in [-0.3, -0.25) is 4.79 Å². The van der Waals surface area contributed by atoms with Crippen LogP contribution in [-0.4, -0.2) is 50.0 Å². The number of hydrogen-bond donors (Lipinski definition) is 3. The van der Waals surface area contributed by atoms with Crippen LogP contribution in [0.15, 0.2) is 24.1 Å². The quantitative estimate of drug-likeness (QED) is 0.0638. The van der Waals surface area contributed by atoms with Gasteiger partial charge < -0.3 is 25.2 Å². The van der Waals surface area contributed by atoms with E-state index < -0.39 is 0 Å². The molecule has 4 aliphatic rings. The Labute approximate surface area is 301 Å². The fourth-order valence-corrected chi connectivity index (χ4v) is 11.0. The number of hydrogen-bond acceptors (Lipinski definition) is 5. The normalized spacial score (nSPS) is 31.7. The first-order valence-electron chi connectivity index (χ1n) is 20.5. The van der Waals surface area contributed by atoms with Crippen molar-refractivity contribution in [1.29, 1.82) is 0 Å². The number of carbonyl (C=O) groups is 1. The molecule has 0 spiro atoms. The van der Waals surface area contributed by atoms with Crippen LogP contribution in [0.5, 0.6) is 0 Å². The molecule has 8 atom stereocenters. The number of carbonyl (C=O) groups excluding carboxylic acids is 1. The molecule has 4 rings (SSSR count). The van der Waals surface area contributed by atoms with Crippen LogP contribution in [0.3, 0.4) is 0 Å². The molecule has 0 bridgehead atoms. The summed E-state index contributed by atoms with van der Waals surface area (Å²) in [6.45, 7) is 23.6. The van der Waals surface area contributed by atoms with E-state index in [-0.39, 0.29) is 24.0 Å². The van der Waals surface area contributed by atoms with Gasteiger partial charge in [0.2, 0.25) is 5.91 Å². The molecule has 49 heavy (non-hydrogen) atoms. The van der Waals surface area contributed by atoms with E-state index in [0.29, 0.717) is 43.4 Å². The van der Waals surface area contributed by atoms with Crippen molar-refractivity contribution >= 4 is 5.91 Å². The van der Waals surface area contributed by atoms with Crippen molar-refractivity contribution < 1.29 is 19.4 Å². The van der Waals surface area contributed by atoms with Crippen molar-refractivity contribution in [3.63, 3.8) is 0 Å². The first-order valence-corrected chi connectivity index (χ1v) is 20.5. The molecule has 0 aromatic carbocycles. The fraction of sp³-hybridized carbons (Fsp3) is 0.884. The van der Waals surface area contributed by atoms with E-state index in [1.807, 2.05) is 13.8 Å². The van der Waals surface area contributed by atoms with E-state index >= 15 is 0 Å². The van der Waals surface area contributed by atoms with Crippen LogP contribution < -0.4 is 10.6 Å². The standard InChI is InChI=1S/C43H76N2O4/c1-31(2)13-12-14-32(3)37-17-18-38-36-16-15-34-29-35(19-21-42(34,7)39(36)20-22-43(37,38)8)49-33(4)44-24-10-9-11-27-48-28-25-45-40(47)30-41(5,6)23-26-46/h15,31-32,35-39,44,46H,4,9-14,16-30H2,1-3,5-8H3,(H,45,47)/t32?,35-,36?,37?,38?,39?,42-,43+/m0/s1. The Kier molecular flexibility index (Phi) is 15.0. The van der Waals surface area contributed by atoms with Crippen LogP contribution in [0.2, 0.25) is 0 Å². The highest BCUT2D eigenvalue weighted by atomic mass is 16.5. The number of aliphatic hydroxyl groups is 1. The summed E-state index contributed by atoms with van der Waals surface area (Å²) in [6.07, 6.45) is 21.9. The van der Waals surface area contributed by atoms with Crippen molar-refractivity contribution in [1.82, 2.24) is 10.6 Å². The summed E-state index contributed by atoms with van der Waals surface area (Å²) in [5, 5.41) is 15.5. The Morgan fingerprint density at radius 1 is 0.980 bits per heavy atom. The lowest BCUT2D eigenvalue weighted by molar-refractivity contribution is -0.123. The third-order valence-electron chi connectivity index (χ3n) is 13.9. The average molecular weight is 685 g/mol. The van der Waals surface area contributed by atoms with Gasteiger partial charge in [-0.1, -0.05) is 79.4 Å². The molecule has 5 unspecified atom stereocenters. The molecule has 282 valence electrons. The third kappa shape index (κ3) is 10.7. The number of rotatable bonds is 21. The van der Waals surface area contributed by atoms with Crippen molar-refractivity contribution in [2.24, 2.45) is 51.8 Å². The first-order chi connectivity index (χ1) is 23.3. The highest BCUT2D eigenvalue weighted by Gasteiger charge is 2.59. The zero-order valence-corrected chi connectivity index (χ0v) is 32.8. The Bertz CT molecular complexity index is 1090. The molecule has 3 saturated carbocycles. The number of allylic oxidation sites excluding steroid dienone is 1.